The maximum atomic E-state index is 2.69. The van der Waals surface area contributed by atoms with Crippen LogP contribution in [0.3, 0.4) is 0 Å². The average Bonchev–Trinajstić information content (AvgIpc) is 1.81. The van der Waals surface area contributed by atoms with E-state index in [1.807, 2.05) is 0 Å². The normalized spacial score (nSPS) is 13.2. The second-order valence-electron chi connectivity index (χ2n) is 3.22. The van der Waals surface area contributed by atoms with Crippen molar-refractivity contribution in [3.05, 3.63) is 0 Å². The molecule has 0 fully saturated rings. The molecule has 0 aliphatic heterocycles. The first-order chi connectivity index (χ1) is 4.57. The van der Waals surface area contributed by atoms with Crippen LogP contribution < -0.4 is 0 Å². The van der Waals surface area contributed by atoms with Crippen molar-refractivity contribution in [2.75, 3.05) is 20.6 Å². The van der Waals surface area contributed by atoms with E-state index in [1.54, 1.807) is 0 Å². The molecule has 2 nitrogen and oxygen atoms in total. The van der Waals surface area contributed by atoms with Crippen molar-refractivity contribution < 1.29 is 0 Å². The lowest BCUT2D eigenvalue weighted by Crippen LogP contribution is -2.44. The molecule has 0 heterocycles. The highest BCUT2D eigenvalue weighted by Crippen LogP contribution is 1.91. The SMILES string of the molecule is CCN([SiH2]N(C)C)[SiH](C)C. The van der Waals surface area contributed by atoms with Crippen LogP contribution in [-0.2, 0) is 0 Å². The zero-order valence-corrected chi connectivity index (χ0v) is 10.5. The second-order valence-corrected chi connectivity index (χ2v) is 9.23. The van der Waals surface area contributed by atoms with E-state index in [1.165, 1.54) is 6.54 Å². The summed E-state index contributed by atoms with van der Waals surface area (Å²) in [5.74, 6) is 0. The Labute approximate surface area is 68.9 Å². The first-order valence-corrected chi connectivity index (χ1v) is 8.05. The average molecular weight is 176 g/mol. The molecule has 0 aromatic heterocycles. The van der Waals surface area contributed by atoms with Gasteiger partial charge in [-0.1, -0.05) is 20.0 Å². The summed E-state index contributed by atoms with van der Waals surface area (Å²) in [7, 11) is 3.83. The molecule has 0 saturated carbocycles. The molecular formula is C6H20N2Si2. The van der Waals surface area contributed by atoms with E-state index >= 15 is 0 Å². The van der Waals surface area contributed by atoms with Crippen molar-refractivity contribution in [3.8, 4) is 0 Å². The largest absolute Gasteiger partial charge is 0.341 e. The molecule has 10 heavy (non-hydrogen) atoms. The van der Waals surface area contributed by atoms with Crippen LogP contribution in [0.2, 0.25) is 13.1 Å². The lowest BCUT2D eigenvalue weighted by atomic mass is 10.8. The molecule has 0 radical (unpaired) electrons. The van der Waals surface area contributed by atoms with Crippen molar-refractivity contribution in [2.24, 2.45) is 0 Å². The van der Waals surface area contributed by atoms with Gasteiger partial charge in [0.1, 0.15) is 0 Å². The molecule has 62 valence electrons. The summed E-state index contributed by atoms with van der Waals surface area (Å²) in [5.41, 5.74) is 0. The molecule has 0 rings (SSSR count). The van der Waals surface area contributed by atoms with Crippen LogP contribution in [0.1, 0.15) is 6.92 Å². The highest BCUT2D eigenvalue weighted by atomic mass is 28.3. The highest BCUT2D eigenvalue weighted by Gasteiger charge is 2.08. The minimum Gasteiger partial charge on any atom is -0.341 e. The maximum Gasteiger partial charge on any atom is 0.165 e. The molecule has 0 N–H and O–H groups in total. The van der Waals surface area contributed by atoms with Crippen LogP contribution in [0.5, 0.6) is 0 Å². The Morgan fingerprint density at radius 2 is 1.80 bits per heavy atom. The molecule has 0 aliphatic rings. The van der Waals surface area contributed by atoms with Crippen molar-refractivity contribution >= 4 is 18.8 Å². The standard InChI is InChI=1S/C6H20N2Si2/c1-6-8(10(4)5)9-7(2)3/h10H,6,9H2,1-5H3. The molecule has 0 unspecified atom stereocenters. The van der Waals surface area contributed by atoms with Crippen LogP contribution in [0.25, 0.3) is 0 Å². The van der Waals surface area contributed by atoms with E-state index in [0.717, 1.165) is 0 Å². The predicted molar refractivity (Wildman–Crippen MR) is 53.5 cm³/mol. The summed E-state index contributed by atoms with van der Waals surface area (Å²) >= 11 is 0. The Bertz CT molecular complexity index is 85.8. The molecule has 4 heteroatoms. The third-order valence-electron chi connectivity index (χ3n) is 1.60. The quantitative estimate of drug-likeness (QED) is 0.550. The lowest BCUT2D eigenvalue weighted by Gasteiger charge is -2.26. The van der Waals surface area contributed by atoms with Crippen LogP contribution >= 0.6 is 0 Å². The van der Waals surface area contributed by atoms with E-state index in [-0.39, 0.29) is 9.84 Å². The summed E-state index contributed by atoms with van der Waals surface area (Å²) in [4.78, 5) is 0. The van der Waals surface area contributed by atoms with Gasteiger partial charge >= 0.3 is 0 Å². The zero-order chi connectivity index (χ0) is 8.15. The summed E-state index contributed by atoms with van der Waals surface area (Å²) in [5, 5.41) is 0. The van der Waals surface area contributed by atoms with Gasteiger partial charge in [-0.2, -0.15) is 0 Å². The summed E-state index contributed by atoms with van der Waals surface area (Å²) in [6.07, 6.45) is 0. The molecule has 0 saturated heterocycles. The van der Waals surface area contributed by atoms with Gasteiger partial charge in [0.25, 0.3) is 0 Å². The Hall–Kier alpha value is 0.354. The van der Waals surface area contributed by atoms with Crippen molar-refractivity contribution in [1.29, 1.82) is 0 Å². The van der Waals surface area contributed by atoms with E-state index < -0.39 is 8.96 Å². The number of nitrogens with zero attached hydrogens (tertiary/aromatic N) is 2. The summed E-state index contributed by atoms with van der Waals surface area (Å²) < 4.78 is 5.07. The van der Waals surface area contributed by atoms with Gasteiger partial charge in [0.15, 0.2) is 9.84 Å². The van der Waals surface area contributed by atoms with Gasteiger partial charge in [-0.15, -0.1) is 0 Å². The molecule has 0 amide bonds. The third kappa shape index (κ3) is 4.21. The van der Waals surface area contributed by atoms with Crippen molar-refractivity contribution in [2.45, 2.75) is 20.0 Å². The van der Waals surface area contributed by atoms with E-state index in [4.69, 9.17) is 0 Å². The molecule has 0 aromatic carbocycles. The maximum absolute atomic E-state index is 2.69. The van der Waals surface area contributed by atoms with Gasteiger partial charge in [0.2, 0.25) is 0 Å². The fourth-order valence-electron chi connectivity index (χ4n) is 0.992. The lowest BCUT2D eigenvalue weighted by molar-refractivity contribution is 0.573. The van der Waals surface area contributed by atoms with Crippen molar-refractivity contribution in [1.82, 2.24) is 8.80 Å². The molecule has 0 aliphatic carbocycles. The van der Waals surface area contributed by atoms with Gasteiger partial charge in [0.05, 0.1) is 8.96 Å². The van der Waals surface area contributed by atoms with Gasteiger partial charge in [-0.25, -0.2) is 0 Å². The monoisotopic (exact) mass is 176 g/mol. The number of hydrogen-bond donors (Lipinski definition) is 0. The molecule has 0 aromatic rings. The third-order valence-corrected chi connectivity index (χ3v) is 7.48. The number of hydrogen-bond acceptors (Lipinski definition) is 2. The smallest absolute Gasteiger partial charge is 0.165 e. The van der Waals surface area contributed by atoms with E-state index in [2.05, 4.69) is 42.9 Å². The Morgan fingerprint density at radius 3 is 1.90 bits per heavy atom. The van der Waals surface area contributed by atoms with E-state index in [0.29, 0.717) is 0 Å². The first kappa shape index (κ1) is 10.4. The Morgan fingerprint density at radius 1 is 1.30 bits per heavy atom. The molecular weight excluding hydrogens is 156 g/mol. The number of rotatable bonds is 4. The van der Waals surface area contributed by atoms with Crippen LogP contribution in [0.4, 0.5) is 0 Å². The highest BCUT2D eigenvalue weighted by molar-refractivity contribution is 6.61. The van der Waals surface area contributed by atoms with Crippen molar-refractivity contribution in [3.63, 3.8) is 0 Å². The van der Waals surface area contributed by atoms with Gasteiger partial charge in [-0.05, 0) is 20.6 Å². The van der Waals surface area contributed by atoms with Gasteiger partial charge in [-0.3, -0.25) is 0 Å². The van der Waals surface area contributed by atoms with Gasteiger partial charge in [0, 0.05) is 0 Å². The molecule has 0 atom stereocenters. The summed E-state index contributed by atoms with van der Waals surface area (Å²) in [6.45, 7) is 8.33. The van der Waals surface area contributed by atoms with Crippen LogP contribution in [-0.4, -0.2) is 48.2 Å². The van der Waals surface area contributed by atoms with Crippen LogP contribution in [0.15, 0.2) is 0 Å². The topological polar surface area (TPSA) is 6.48 Å². The molecule has 0 spiro atoms. The zero-order valence-electron chi connectivity index (χ0n) is 7.89. The fourth-order valence-corrected chi connectivity index (χ4v) is 4.93. The first-order valence-electron chi connectivity index (χ1n) is 3.96. The second kappa shape index (κ2) is 5.06. The van der Waals surface area contributed by atoms with Gasteiger partial charge < -0.3 is 8.80 Å². The predicted octanol–water partition coefficient (Wildman–Crippen LogP) is -0.148. The summed E-state index contributed by atoms with van der Waals surface area (Å²) in [6, 6.07) is 0. The van der Waals surface area contributed by atoms with Crippen LogP contribution in [0, 0.1) is 0 Å². The minimum atomic E-state index is -0.488. The Kier molecular flexibility index (Phi) is 5.24. The molecule has 0 bridgehead atoms. The fraction of sp³-hybridized carbons (Fsp3) is 1.00. The Balaban J connectivity index is 3.60. The van der Waals surface area contributed by atoms with E-state index in [9.17, 15) is 0 Å². The minimum absolute atomic E-state index is 0.0590.